The molecule has 8 nitrogen and oxygen atoms in total. The minimum Gasteiger partial charge on any atom is -0.348 e. The van der Waals surface area contributed by atoms with Crippen LogP contribution >= 0.6 is 23.1 Å². The van der Waals surface area contributed by atoms with E-state index in [-0.39, 0.29) is 17.6 Å². The number of aromatic nitrogens is 1. The number of carbonyl (C=O) groups excluding carboxylic acids is 1. The standard InChI is InChI=1S/C19H21N3O5S2/c1-12-11-28-19(20-12)29-16-6-5-13(10-15(16)22(24)25)17(23)21-7-3-2-4-14(21)18-26-8-9-27-18/h5-6,10-11,14,18H,2-4,7-9H2,1H3. The van der Waals surface area contributed by atoms with Crippen molar-refractivity contribution in [1.82, 2.24) is 9.88 Å². The Balaban J connectivity index is 1.59. The number of rotatable bonds is 5. The monoisotopic (exact) mass is 435 g/mol. The summed E-state index contributed by atoms with van der Waals surface area (Å²) in [5.41, 5.74) is 1.09. The maximum absolute atomic E-state index is 13.2. The van der Waals surface area contributed by atoms with Crippen molar-refractivity contribution in [2.45, 2.75) is 47.8 Å². The van der Waals surface area contributed by atoms with Gasteiger partial charge in [-0.3, -0.25) is 14.9 Å². The third-order valence-corrected chi connectivity index (χ3v) is 7.09. The first-order valence-electron chi connectivity index (χ1n) is 9.45. The molecule has 0 saturated carbocycles. The Kier molecular flexibility index (Phi) is 6.14. The number of nitro benzene ring substituents is 1. The van der Waals surface area contributed by atoms with Gasteiger partial charge in [0.15, 0.2) is 10.6 Å². The fraction of sp³-hybridized carbons (Fsp3) is 0.474. The summed E-state index contributed by atoms with van der Waals surface area (Å²) >= 11 is 2.68. The van der Waals surface area contributed by atoms with Crippen LogP contribution in [0.1, 0.15) is 35.3 Å². The number of thiazole rings is 1. The highest BCUT2D eigenvalue weighted by Gasteiger charge is 2.37. The van der Waals surface area contributed by atoms with Crippen molar-refractivity contribution in [3.05, 3.63) is 45.0 Å². The average molecular weight is 436 g/mol. The molecule has 1 aromatic heterocycles. The number of nitrogens with zero attached hydrogens (tertiary/aromatic N) is 3. The fourth-order valence-corrected chi connectivity index (χ4v) is 5.49. The van der Waals surface area contributed by atoms with Crippen molar-refractivity contribution in [3.8, 4) is 0 Å². The van der Waals surface area contributed by atoms with Gasteiger partial charge in [-0.25, -0.2) is 4.98 Å². The molecule has 0 bridgehead atoms. The topological polar surface area (TPSA) is 94.8 Å². The number of aryl methyl sites for hydroxylation is 1. The molecule has 2 fully saturated rings. The quantitative estimate of drug-likeness (QED) is 0.519. The summed E-state index contributed by atoms with van der Waals surface area (Å²) in [5.74, 6) is -0.224. The zero-order chi connectivity index (χ0) is 20.4. The molecule has 2 aromatic rings. The molecule has 1 atom stereocenters. The smallest absolute Gasteiger partial charge is 0.284 e. The molecule has 0 aliphatic carbocycles. The van der Waals surface area contributed by atoms with Crippen LogP contribution in [0.15, 0.2) is 32.8 Å². The normalized spacial score (nSPS) is 20.2. The molecule has 0 radical (unpaired) electrons. The van der Waals surface area contributed by atoms with Crippen LogP contribution in [0.2, 0.25) is 0 Å². The minimum atomic E-state index is -0.448. The van der Waals surface area contributed by atoms with Crippen LogP contribution in [-0.2, 0) is 9.47 Å². The number of carbonyl (C=O) groups is 1. The number of hydrogen-bond acceptors (Lipinski definition) is 8. The predicted molar refractivity (Wildman–Crippen MR) is 108 cm³/mol. The van der Waals surface area contributed by atoms with Gasteiger partial charge in [0.05, 0.1) is 29.1 Å². The molecule has 154 valence electrons. The van der Waals surface area contributed by atoms with Crippen molar-refractivity contribution in [1.29, 1.82) is 0 Å². The average Bonchev–Trinajstić information content (AvgIpc) is 3.39. The molecule has 10 heteroatoms. The van der Waals surface area contributed by atoms with E-state index >= 15 is 0 Å². The van der Waals surface area contributed by atoms with Crippen molar-refractivity contribution >= 4 is 34.7 Å². The summed E-state index contributed by atoms with van der Waals surface area (Å²) in [6, 6.07) is 4.49. The Morgan fingerprint density at radius 3 is 2.83 bits per heavy atom. The molecule has 3 heterocycles. The first-order chi connectivity index (χ1) is 14.0. The molecule has 2 aliphatic rings. The van der Waals surface area contributed by atoms with E-state index in [0.717, 1.165) is 29.3 Å². The number of likely N-dealkylation sites (tertiary alicyclic amines) is 1. The second-order valence-corrected chi connectivity index (χ2v) is 9.12. The first kappa shape index (κ1) is 20.3. The molecule has 2 saturated heterocycles. The van der Waals surface area contributed by atoms with Crippen LogP contribution in [-0.4, -0.2) is 52.8 Å². The van der Waals surface area contributed by atoms with Crippen LogP contribution in [0.4, 0.5) is 5.69 Å². The Bertz CT molecular complexity index is 913. The van der Waals surface area contributed by atoms with Crippen molar-refractivity contribution in [2.75, 3.05) is 19.8 Å². The van der Waals surface area contributed by atoms with Gasteiger partial charge in [0, 0.05) is 29.2 Å². The second-order valence-electron chi connectivity index (χ2n) is 6.97. The molecule has 0 spiro atoms. The Morgan fingerprint density at radius 1 is 1.34 bits per heavy atom. The minimum absolute atomic E-state index is 0.0874. The van der Waals surface area contributed by atoms with Crippen molar-refractivity contribution in [2.24, 2.45) is 0 Å². The van der Waals surface area contributed by atoms with E-state index in [1.807, 2.05) is 12.3 Å². The summed E-state index contributed by atoms with van der Waals surface area (Å²) < 4.78 is 12.0. The van der Waals surface area contributed by atoms with Gasteiger partial charge >= 0.3 is 0 Å². The lowest BCUT2D eigenvalue weighted by Gasteiger charge is -2.38. The summed E-state index contributed by atoms with van der Waals surface area (Å²) in [7, 11) is 0. The van der Waals surface area contributed by atoms with E-state index in [1.54, 1.807) is 17.0 Å². The van der Waals surface area contributed by atoms with Gasteiger partial charge in [-0.05, 0) is 38.3 Å². The molecule has 1 amide bonds. The third-order valence-electron chi connectivity index (χ3n) is 4.97. The summed E-state index contributed by atoms with van der Waals surface area (Å²) in [4.78, 5) is 31.0. The number of piperidine rings is 1. The summed E-state index contributed by atoms with van der Waals surface area (Å²) in [5, 5.41) is 13.6. The molecular formula is C19H21N3O5S2. The zero-order valence-corrected chi connectivity index (χ0v) is 17.5. The van der Waals surface area contributed by atoms with E-state index in [1.165, 1.54) is 29.2 Å². The highest BCUT2D eigenvalue weighted by Crippen LogP contribution is 2.37. The second kappa shape index (κ2) is 8.78. The van der Waals surface area contributed by atoms with Crippen LogP contribution in [0.25, 0.3) is 0 Å². The Labute approximate surface area is 176 Å². The van der Waals surface area contributed by atoms with Gasteiger partial charge in [0.25, 0.3) is 11.6 Å². The fourth-order valence-electron chi connectivity index (χ4n) is 3.61. The number of hydrogen-bond donors (Lipinski definition) is 0. The largest absolute Gasteiger partial charge is 0.348 e. The highest BCUT2D eigenvalue weighted by atomic mass is 32.2. The van der Waals surface area contributed by atoms with Crippen LogP contribution in [0.5, 0.6) is 0 Å². The predicted octanol–water partition coefficient (Wildman–Crippen LogP) is 3.88. The van der Waals surface area contributed by atoms with Gasteiger partial charge in [-0.15, -0.1) is 11.3 Å². The van der Waals surface area contributed by atoms with E-state index in [0.29, 0.717) is 30.2 Å². The number of ether oxygens (including phenoxy) is 2. The molecule has 1 unspecified atom stereocenters. The first-order valence-corrected chi connectivity index (χ1v) is 11.1. The van der Waals surface area contributed by atoms with Crippen LogP contribution in [0.3, 0.4) is 0 Å². The SMILES string of the molecule is Cc1csc(Sc2ccc(C(=O)N3CCCCC3C3OCCO3)cc2[N+](=O)[O-])n1. The Morgan fingerprint density at radius 2 is 2.14 bits per heavy atom. The van der Waals surface area contributed by atoms with Crippen molar-refractivity contribution in [3.63, 3.8) is 0 Å². The molecule has 1 aromatic carbocycles. The highest BCUT2D eigenvalue weighted by molar-refractivity contribution is 8.01. The van der Waals surface area contributed by atoms with Gasteiger partial charge in [-0.1, -0.05) is 11.8 Å². The van der Waals surface area contributed by atoms with Gasteiger partial charge in [0.1, 0.15) is 0 Å². The van der Waals surface area contributed by atoms with E-state index < -0.39 is 11.2 Å². The Hall–Kier alpha value is -2.01. The molecule has 2 aliphatic heterocycles. The third kappa shape index (κ3) is 4.45. The number of benzene rings is 1. The maximum Gasteiger partial charge on any atom is 0.284 e. The lowest BCUT2D eigenvalue weighted by atomic mass is 10.00. The molecule has 0 N–H and O–H groups in total. The van der Waals surface area contributed by atoms with Gasteiger partial charge in [-0.2, -0.15) is 0 Å². The lowest BCUT2D eigenvalue weighted by Crippen LogP contribution is -2.50. The summed E-state index contributed by atoms with van der Waals surface area (Å²) in [6.07, 6.45) is 2.28. The van der Waals surface area contributed by atoms with Gasteiger partial charge in [0.2, 0.25) is 0 Å². The summed E-state index contributed by atoms with van der Waals surface area (Å²) in [6.45, 7) is 3.52. The molecule has 4 rings (SSSR count). The lowest BCUT2D eigenvalue weighted by molar-refractivity contribution is -0.387. The van der Waals surface area contributed by atoms with E-state index in [4.69, 9.17) is 9.47 Å². The molecule has 29 heavy (non-hydrogen) atoms. The maximum atomic E-state index is 13.2. The van der Waals surface area contributed by atoms with Crippen LogP contribution < -0.4 is 0 Å². The van der Waals surface area contributed by atoms with Crippen molar-refractivity contribution < 1.29 is 19.2 Å². The molecular weight excluding hydrogens is 414 g/mol. The van der Waals surface area contributed by atoms with Gasteiger partial charge < -0.3 is 14.4 Å². The number of amides is 1. The van der Waals surface area contributed by atoms with E-state index in [2.05, 4.69) is 4.98 Å². The van der Waals surface area contributed by atoms with Crippen LogP contribution in [0, 0.1) is 17.0 Å². The number of nitro groups is 1. The zero-order valence-electron chi connectivity index (χ0n) is 15.9. The van der Waals surface area contributed by atoms with E-state index in [9.17, 15) is 14.9 Å².